The second-order valence-corrected chi connectivity index (χ2v) is 9.30. The fourth-order valence-electron chi connectivity index (χ4n) is 2.68. The van der Waals surface area contributed by atoms with Crippen LogP contribution in [0.1, 0.15) is 12.0 Å². The number of benzene rings is 2. The quantitative estimate of drug-likeness (QED) is 0.244. The van der Waals surface area contributed by atoms with E-state index in [0.717, 1.165) is 39.3 Å². The lowest BCUT2D eigenvalue weighted by Crippen LogP contribution is -2.36. The maximum Gasteiger partial charge on any atom is 0.212 e. The number of para-hydroxylation sites is 1. The Hall–Kier alpha value is -1.80. The van der Waals surface area contributed by atoms with Crippen molar-refractivity contribution in [2.24, 2.45) is 0 Å². The minimum atomic E-state index is -1.48. The summed E-state index contributed by atoms with van der Waals surface area (Å²) >= 11 is 1.69. The fourth-order valence-corrected chi connectivity index (χ4v) is 4.54. The van der Waals surface area contributed by atoms with Crippen molar-refractivity contribution in [1.29, 1.82) is 0 Å². The first-order valence-corrected chi connectivity index (χ1v) is 10.9. The van der Waals surface area contributed by atoms with E-state index in [1.807, 2.05) is 55.5 Å². The minimum absolute atomic E-state index is 0.0321. The Morgan fingerprint density at radius 2 is 1.96 bits per heavy atom. The van der Waals surface area contributed by atoms with E-state index in [1.165, 1.54) is 0 Å². The number of thioether (sulfide) groups is 1. The normalized spacial score (nSPS) is 13.0. The van der Waals surface area contributed by atoms with Crippen molar-refractivity contribution in [3.8, 4) is 0 Å². The zero-order valence-electron chi connectivity index (χ0n) is 15.8. The van der Waals surface area contributed by atoms with Gasteiger partial charge in [-0.25, -0.2) is 9.42 Å². The van der Waals surface area contributed by atoms with Gasteiger partial charge >= 0.3 is 0 Å². The van der Waals surface area contributed by atoms with Crippen LogP contribution in [-0.2, 0) is 11.0 Å². The minimum Gasteiger partial charge on any atom is -0.445 e. The molecule has 1 unspecified atom stereocenters. The molecule has 0 radical (unpaired) electrons. The van der Waals surface area contributed by atoms with Crippen molar-refractivity contribution in [1.82, 2.24) is 0 Å². The fraction of sp³-hybridized carbons (Fsp3) is 0.300. The van der Waals surface area contributed by atoms with E-state index in [-0.39, 0.29) is 4.65 Å². The Balaban J connectivity index is 1.71. The third-order valence-electron chi connectivity index (χ3n) is 4.03. The molecule has 3 rings (SSSR count). The smallest absolute Gasteiger partial charge is 0.212 e. The highest BCUT2D eigenvalue weighted by Gasteiger charge is 2.14. The number of nitrogens with one attached hydrogen (secondary N) is 1. The molecule has 27 heavy (non-hydrogen) atoms. The molecule has 2 aromatic carbocycles. The second-order valence-electron chi connectivity index (χ2n) is 7.02. The van der Waals surface area contributed by atoms with Crippen LogP contribution >= 0.6 is 11.8 Å². The van der Waals surface area contributed by atoms with Crippen LogP contribution in [0.5, 0.6) is 0 Å². The summed E-state index contributed by atoms with van der Waals surface area (Å²) in [7, 11) is 2.05. The number of furan rings is 1. The van der Waals surface area contributed by atoms with Crippen LogP contribution in [0.15, 0.2) is 62.9 Å². The number of fused-ring (bicyclic) bond motifs is 1. The molecule has 2 N–H and O–H groups in total. The van der Waals surface area contributed by atoms with Gasteiger partial charge in [0.15, 0.2) is 11.0 Å². The van der Waals surface area contributed by atoms with Gasteiger partial charge in [-0.3, -0.25) is 4.72 Å². The van der Waals surface area contributed by atoms with Crippen LogP contribution in [-0.4, -0.2) is 40.5 Å². The third kappa shape index (κ3) is 5.59. The lowest BCUT2D eigenvalue weighted by atomic mass is 10.2. The van der Waals surface area contributed by atoms with Gasteiger partial charge < -0.3 is 4.42 Å². The van der Waals surface area contributed by atoms with Gasteiger partial charge in [-0.2, -0.15) is 4.65 Å². The van der Waals surface area contributed by atoms with Crippen LogP contribution < -0.4 is 4.72 Å². The predicted molar refractivity (Wildman–Crippen MR) is 112 cm³/mol. The molecule has 1 atom stereocenters. The van der Waals surface area contributed by atoms with Gasteiger partial charge in [-0.1, -0.05) is 24.3 Å². The van der Waals surface area contributed by atoms with Crippen molar-refractivity contribution in [3.05, 3.63) is 54.1 Å². The SMILES string of the molecule is Cc1ccc(SCCC[N+](C)(C)O)c(NS(=O)c2cc3ccccc3o2)c1. The summed E-state index contributed by atoms with van der Waals surface area (Å²) in [6.07, 6.45) is 0.883. The van der Waals surface area contributed by atoms with E-state index in [1.54, 1.807) is 25.9 Å². The number of anilines is 1. The van der Waals surface area contributed by atoms with Crippen molar-refractivity contribution >= 4 is 39.4 Å². The van der Waals surface area contributed by atoms with Gasteiger partial charge in [-0.15, -0.1) is 11.8 Å². The Kier molecular flexibility index (Phi) is 6.26. The van der Waals surface area contributed by atoms with E-state index < -0.39 is 11.0 Å². The number of nitrogens with zero attached hydrogens (tertiary/aromatic N) is 1. The molecule has 1 aromatic heterocycles. The first-order valence-electron chi connectivity index (χ1n) is 8.78. The molecule has 0 bridgehead atoms. The van der Waals surface area contributed by atoms with Gasteiger partial charge in [-0.05, 0) is 30.7 Å². The number of hydrogen-bond acceptors (Lipinski definition) is 4. The maximum absolute atomic E-state index is 12.8. The van der Waals surface area contributed by atoms with Gasteiger partial charge in [0.2, 0.25) is 5.09 Å². The molecule has 0 saturated carbocycles. The number of aryl methyl sites for hydroxylation is 1. The zero-order chi connectivity index (χ0) is 19.4. The molecule has 5 nitrogen and oxygen atoms in total. The molecular formula is C20H25N2O3S2+. The van der Waals surface area contributed by atoms with Crippen LogP contribution in [0, 0.1) is 6.92 Å². The highest BCUT2D eigenvalue weighted by Crippen LogP contribution is 2.31. The van der Waals surface area contributed by atoms with Crippen molar-refractivity contribution < 1.29 is 18.5 Å². The Morgan fingerprint density at radius 3 is 2.70 bits per heavy atom. The van der Waals surface area contributed by atoms with Gasteiger partial charge in [0.05, 0.1) is 19.8 Å². The predicted octanol–water partition coefficient (Wildman–Crippen LogP) is 4.82. The van der Waals surface area contributed by atoms with E-state index in [0.29, 0.717) is 11.6 Å². The summed E-state index contributed by atoms with van der Waals surface area (Å²) in [5, 5.41) is 11.1. The first-order chi connectivity index (χ1) is 12.8. The van der Waals surface area contributed by atoms with Gasteiger partial charge in [0, 0.05) is 28.5 Å². The lowest BCUT2D eigenvalue weighted by Gasteiger charge is -2.19. The average Bonchev–Trinajstić information content (AvgIpc) is 3.03. The van der Waals surface area contributed by atoms with E-state index in [4.69, 9.17) is 4.42 Å². The molecule has 7 heteroatoms. The summed E-state index contributed by atoms with van der Waals surface area (Å²) in [5.74, 6) is 0.872. The summed E-state index contributed by atoms with van der Waals surface area (Å²) < 4.78 is 21.5. The monoisotopic (exact) mass is 405 g/mol. The summed E-state index contributed by atoms with van der Waals surface area (Å²) in [4.78, 5) is 1.04. The summed E-state index contributed by atoms with van der Waals surface area (Å²) in [6, 6.07) is 15.5. The summed E-state index contributed by atoms with van der Waals surface area (Å²) in [5.41, 5.74) is 2.65. The summed E-state index contributed by atoms with van der Waals surface area (Å²) in [6.45, 7) is 2.70. The molecule has 0 aliphatic heterocycles. The first kappa shape index (κ1) is 19.9. The van der Waals surface area contributed by atoms with Crippen LogP contribution in [0.2, 0.25) is 0 Å². The second kappa shape index (κ2) is 8.48. The Labute approximate surface area is 166 Å². The van der Waals surface area contributed by atoms with Crippen molar-refractivity contribution in [3.63, 3.8) is 0 Å². The molecule has 0 spiro atoms. The average molecular weight is 406 g/mol. The molecule has 144 valence electrons. The Morgan fingerprint density at radius 1 is 1.19 bits per heavy atom. The standard InChI is InChI=1S/C20H25N2O3S2/c1-15-9-10-19(26-12-6-11-22(2,3)23)17(13-15)21-27(24)20-14-16-7-4-5-8-18(16)25-20/h4-5,7-10,13-14,21,23H,6,11-12H2,1-3H3/q+1. The molecule has 3 aromatic rings. The van der Waals surface area contributed by atoms with Crippen LogP contribution in [0.4, 0.5) is 5.69 Å². The van der Waals surface area contributed by atoms with E-state index in [9.17, 15) is 9.42 Å². The Bertz CT molecular complexity index is 915. The molecular weight excluding hydrogens is 380 g/mol. The lowest BCUT2D eigenvalue weighted by molar-refractivity contribution is -1.07. The number of hydroxylamine groups is 3. The number of quaternary nitrogens is 1. The molecule has 1 heterocycles. The largest absolute Gasteiger partial charge is 0.445 e. The molecule has 0 fully saturated rings. The van der Waals surface area contributed by atoms with Crippen LogP contribution in [0.25, 0.3) is 11.0 Å². The highest BCUT2D eigenvalue weighted by atomic mass is 32.2. The number of hydrogen-bond donors (Lipinski definition) is 2. The number of rotatable bonds is 8. The van der Waals surface area contributed by atoms with E-state index in [2.05, 4.69) is 4.72 Å². The van der Waals surface area contributed by atoms with Gasteiger partial charge in [0.25, 0.3) is 0 Å². The van der Waals surface area contributed by atoms with Crippen molar-refractivity contribution in [2.75, 3.05) is 31.1 Å². The molecule has 0 aliphatic carbocycles. The van der Waals surface area contributed by atoms with Gasteiger partial charge in [0.1, 0.15) is 12.1 Å². The topological polar surface area (TPSA) is 62.5 Å². The molecule has 0 aliphatic rings. The molecule has 0 amide bonds. The van der Waals surface area contributed by atoms with Crippen molar-refractivity contribution in [2.45, 2.75) is 23.3 Å². The molecule has 0 saturated heterocycles. The zero-order valence-corrected chi connectivity index (χ0v) is 17.4. The highest BCUT2D eigenvalue weighted by molar-refractivity contribution is 7.99. The maximum atomic E-state index is 12.8. The van der Waals surface area contributed by atoms with Crippen LogP contribution in [0.3, 0.4) is 0 Å². The van der Waals surface area contributed by atoms with E-state index >= 15 is 0 Å². The third-order valence-corrected chi connectivity index (χ3v) is 6.16.